The number of amides is 1. The summed E-state index contributed by atoms with van der Waals surface area (Å²) in [4.78, 5) is 29.2. The van der Waals surface area contributed by atoms with E-state index in [-0.39, 0.29) is 17.3 Å². The molecule has 0 radical (unpaired) electrons. The maximum Gasteiger partial charge on any atom is 0.323 e. The molecule has 12 nitrogen and oxygen atoms in total. The van der Waals surface area contributed by atoms with E-state index in [1.807, 2.05) is 0 Å². The summed E-state index contributed by atoms with van der Waals surface area (Å²) in [5.41, 5.74) is 8.05. The highest BCUT2D eigenvalue weighted by molar-refractivity contribution is 7.89. The number of guanidine groups is 1. The van der Waals surface area contributed by atoms with Crippen molar-refractivity contribution in [1.82, 2.24) is 10.0 Å². The van der Waals surface area contributed by atoms with Crippen molar-refractivity contribution in [2.24, 2.45) is 10.9 Å². The Morgan fingerprint density at radius 2 is 1.97 bits per heavy atom. The minimum absolute atomic E-state index is 0.0655. The summed E-state index contributed by atoms with van der Waals surface area (Å²) in [6.45, 7) is 1.28. The lowest BCUT2D eigenvalue weighted by Gasteiger charge is -2.16. The van der Waals surface area contributed by atoms with Crippen molar-refractivity contribution in [3.63, 3.8) is 0 Å². The second-order valence-electron chi connectivity index (χ2n) is 7.92. The van der Waals surface area contributed by atoms with Gasteiger partial charge in [-0.25, -0.2) is 8.42 Å². The first kappa shape index (κ1) is 25.6. The number of aryl methyl sites for hydroxylation is 1. The molecule has 186 valence electrons. The molecule has 0 spiro atoms. The average molecular weight is 503 g/mol. The van der Waals surface area contributed by atoms with Gasteiger partial charge in [0.15, 0.2) is 5.96 Å². The predicted molar refractivity (Wildman–Crippen MR) is 129 cm³/mol. The molecule has 0 saturated carbocycles. The number of carboxylic acids is 1. The van der Waals surface area contributed by atoms with Gasteiger partial charge in [0.25, 0.3) is 0 Å². The van der Waals surface area contributed by atoms with E-state index in [9.17, 15) is 23.1 Å². The summed E-state index contributed by atoms with van der Waals surface area (Å²) >= 11 is 0. The number of benzene rings is 2. The Balaban J connectivity index is 1.51. The van der Waals surface area contributed by atoms with Gasteiger partial charge in [-0.15, -0.1) is 0 Å². The van der Waals surface area contributed by atoms with Gasteiger partial charge in [-0.3, -0.25) is 15.0 Å². The first-order chi connectivity index (χ1) is 16.5. The Hall–Kier alpha value is -3.97. The number of hydrogen-bond acceptors (Lipinski definition) is 7. The van der Waals surface area contributed by atoms with Gasteiger partial charge in [0, 0.05) is 18.7 Å². The zero-order valence-electron chi connectivity index (χ0n) is 18.8. The highest BCUT2D eigenvalue weighted by Crippen LogP contribution is 2.20. The third-order valence-electron chi connectivity index (χ3n) is 5.04. The van der Waals surface area contributed by atoms with Crippen LogP contribution in [0.15, 0.2) is 58.6 Å². The van der Waals surface area contributed by atoms with E-state index in [4.69, 9.17) is 16.0 Å². The van der Waals surface area contributed by atoms with Gasteiger partial charge < -0.3 is 26.3 Å². The normalized spacial score (nSPS) is 16.0. The maximum atomic E-state index is 12.5. The molecule has 0 aliphatic carbocycles. The van der Waals surface area contributed by atoms with Gasteiger partial charge >= 0.3 is 5.97 Å². The Morgan fingerprint density at radius 3 is 2.60 bits per heavy atom. The van der Waals surface area contributed by atoms with E-state index < -0.39 is 40.6 Å². The first-order valence-corrected chi connectivity index (χ1v) is 12.0. The molecule has 0 aromatic heterocycles. The van der Waals surface area contributed by atoms with Gasteiger partial charge in [0.1, 0.15) is 12.1 Å². The quantitative estimate of drug-likeness (QED) is 0.202. The number of carbonyl (C=O) groups is 2. The van der Waals surface area contributed by atoms with Gasteiger partial charge in [0.05, 0.1) is 17.0 Å². The number of aliphatic carboxylic acids is 1. The number of anilines is 1. The van der Waals surface area contributed by atoms with Gasteiger partial charge in [0.2, 0.25) is 15.9 Å². The zero-order chi connectivity index (χ0) is 25.6. The van der Waals surface area contributed by atoms with Crippen molar-refractivity contribution in [2.75, 3.05) is 11.9 Å². The molecule has 0 fully saturated rings. The fourth-order valence-electron chi connectivity index (χ4n) is 3.32. The lowest BCUT2D eigenvalue weighted by Crippen LogP contribution is -2.48. The van der Waals surface area contributed by atoms with E-state index in [1.165, 1.54) is 12.1 Å². The number of carbonyl (C=O) groups excluding carboxylic acids is 1. The smallest absolute Gasteiger partial charge is 0.323 e. The lowest BCUT2D eigenvalue weighted by atomic mass is 10.0. The summed E-state index contributed by atoms with van der Waals surface area (Å²) in [5.74, 6) is -2.11. The molecule has 2 atom stereocenters. The molecule has 35 heavy (non-hydrogen) atoms. The monoisotopic (exact) mass is 502 g/mol. The number of hydrogen-bond donors (Lipinski definition) is 6. The standard InChI is InChI=1S/C22H26N6O6S/c1-13-3-2-4-17(9-13)35(32,33)28-19(21(30)31)12-25-20(29)11-16-10-18(27-34-16)14-5-7-15(8-6-14)26-22(23)24/h2-9,16,19,28H,10-12H2,1H3,(H,25,29)(H,30,31)(H4,23,24,26)/t16-,19?/m1/s1. The van der Waals surface area contributed by atoms with E-state index in [0.29, 0.717) is 23.4 Å². The Kier molecular flexibility index (Phi) is 8.04. The van der Waals surface area contributed by atoms with Crippen LogP contribution in [0, 0.1) is 12.3 Å². The molecule has 2 aromatic rings. The number of oxime groups is 1. The Labute approximate surface area is 202 Å². The molecule has 0 bridgehead atoms. The molecular formula is C22H26N6O6S. The minimum Gasteiger partial charge on any atom is -0.480 e. The van der Waals surface area contributed by atoms with Crippen LogP contribution in [-0.2, 0) is 24.4 Å². The fourth-order valence-corrected chi connectivity index (χ4v) is 4.62. The van der Waals surface area contributed by atoms with Crippen LogP contribution >= 0.6 is 0 Å². The van der Waals surface area contributed by atoms with Crippen LogP contribution in [0.4, 0.5) is 5.69 Å². The minimum atomic E-state index is -4.09. The van der Waals surface area contributed by atoms with Gasteiger partial charge in [-0.2, -0.15) is 4.72 Å². The number of nitrogens with two attached hydrogens (primary N) is 1. The molecular weight excluding hydrogens is 476 g/mol. The van der Waals surface area contributed by atoms with Crippen LogP contribution in [0.1, 0.15) is 24.0 Å². The van der Waals surface area contributed by atoms with Gasteiger partial charge in [-0.05, 0) is 42.3 Å². The molecule has 1 heterocycles. The summed E-state index contributed by atoms with van der Waals surface area (Å²) in [7, 11) is -4.09. The lowest BCUT2D eigenvalue weighted by molar-refractivity contribution is -0.138. The van der Waals surface area contributed by atoms with Crippen molar-refractivity contribution in [3.05, 3.63) is 59.7 Å². The molecule has 13 heteroatoms. The Morgan fingerprint density at radius 1 is 1.26 bits per heavy atom. The van der Waals surface area contributed by atoms with E-state index in [0.717, 1.165) is 5.56 Å². The van der Waals surface area contributed by atoms with Crippen LogP contribution in [0.3, 0.4) is 0 Å². The molecule has 3 rings (SSSR count). The summed E-state index contributed by atoms with van der Waals surface area (Å²) in [5, 5.41) is 25.8. The van der Waals surface area contributed by atoms with Crippen LogP contribution in [0.5, 0.6) is 0 Å². The van der Waals surface area contributed by atoms with E-state index in [1.54, 1.807) is 43.3 Å². The second kappa shape index (κ2) is 11.0. The number of sulfonamides is 1. The maximum absolute atomic E-state index is 12.5. The van der Waals surface area contributed by atoms with Crippen molar-refractivity contribution in [1.29, 1.82) is 5.41 Å². The Bertz CT molecular complexity index is 1250. The molecule has 0 saturated heterocycles. The van der Waals surface area contributed by atoms with Crippen molar-refractivity contribution in [2.45, 2.75) is 36.8 Å². The van der Waals surface area contributed by atoms with Crippen molar-refractivity contribution < 1.29 is 28.0 Å². The molecule has 1 aliphatic heterocycles. The topological polar surface area (TPSA) is 196 Å². The average Bonchev–Trinajstić information content (AvgIpc) is 3.25. The first-order valence-electron chi connectivity index (χ1n) is 10.6. The number of nitrogens with one attached hydrogen (secondary N) is 4. The number of carboxylic acid groups (broad SMARTS) is 1. The van der Waals surface area contributed by atoms with Crippen LogP contribution in [-0.4, -0.2) is 55.8 Å². The van der Waals surface area contributed by atoms with Gasteiger partial charge in [-0.1, -0.05) is 29.4 Å². The predicted octanol–water partition coefficient (Wildman–Crippen LogP) is 0.731. The third-order valence-corrected chi connectivity index (χ3v) is 6.51. The second-order valence-corrected chi connectivity index (χ2v) is 9.64. The summed E-state index contributed by atoms with van der Waals surface area (Å²) in [6.07, 6.45) is -0.282. The molecule has 2 aromatic carbocycles. The fraction of sp³-hybridized carbons (Fsp3) is 0.273. The molecule has 1 amide bonds. The highest BCUT2D eigenvalue weighted by atomic mass is 32.2. The molecule has 1 unspecified atom stereocenters. The third kappa shape index (κ3) is 7.25. The van der Waals surface area contributed by atoms with E-state index >= 15 is 0 Å². The van der Waals surface area contributed by atoms with Crippen LogP contribution in [0.2, 0.25) is 0 Å². The highest BCUT2D eigenvalue weighted by Gasteiger charge is 2.28. The van der Waals surface area contributed by atoms with Crippen LogP contribution in [0.25, 0.3) is 0 Å². The zero-order valence-corrected chi connectivity index (χ0v) is 19.6. The SMILES string of the molecule is Cc1cccc(S(=O)(=O)NC(CNC(=O)C[C@H]2CC(c3ccc(NC(=N)N)cc3)=NO2)C(=O)O)c1. The molecule has 7 N–H and O–H groups in total. The largest absolute Gasteiger partial charge is 0.480 e. The number of rotatable bonds is 10. The van der Waals surface area contributed by atoms with E-state index in [2.05, 4.69) is 20.5 Å². The summed E-state index contributed by atoms with van der Waals surface area (Å²) < 4.78 is 27.2. The van der Waals surface area contributed by atoms with Crippen LogP contribution < -0.4 is 21.1 Å². The summed E-state index contributed by atoms with van der Waals surface area (Å²) in [6, 6.07) is 11.5. The number of nitrogens with zero attached hydrogens (tertiary/aromatic N) is 1. The van der Waals surface area contributed by atoms with Crippen molar-refractivity contribution in [3.8, 4) is 0 Å². The molecule has 1 aliphatic rings. The van der Waals surface area contributed by atoms with Crippen molar-refractivity contribution >= 4 is 39.3 Å².